The van der Waals surface area contributed by atoms with Crippen molar-refractivity contribution in [2.45, 2.75) is 40.2 Å². The fourth-order valence-electron chi connectivity index (χ4n) is 0.297. The van der Waals surface area contributed by atoms with Crippen molar-refractivity contribution in [3.8, 4) is 0 Å². The molecule has 2 heteroatoms. The topological polar surface area (TPSA) is 26.3 Å². The second-order valence-corrected chi connectivity index (χ2v) is 3.97. The third-order valence-corrected chi connectivity index (χ3v) is 2.15. The van der Waals surface area contributed by atoms with Gasteiger partial charge in [0.2, 0.25) is 0 Å². The minimum absolute atomic E-state index is 0.00604. The van der Waals surface area contributed by atoms with Crippen molar-refractivity contribution in [2.24, 2.45) is 5.41 Å². The number of rotatable bonds is 2. The van der Waals surface area contributed by atoms with Crippen molar-refractivity contribution in [2.75, 3.05) is 0 Å². The van der Waals surface area contributed by atoms with Crippen molar-refractivity contribution in [3.05, 3.63) is 0 Å². The van der Waals surface area contributed by atoms with Crippen molar-refractivity contribution >= 4 is 6.47 Å². The molecule has 0 saturated carbocycles. The zero-order valence-electron chi connectivity index (χ0n) is 7.39. The van der Waals surface area contributed by atoms with Crippen LogP contribution in [0.15, 0.2) is 0 Å². The average molecular weight is 144 g/mol. The largest absolute Gasteiger partial charge is 0.461 e. The molecular formula is C8H16O2. The van der Waals surface area contributed by atoms with Gasteiger partial charge in [-0.25, -0.2) is 0 Å². The van der Waals surface area contributed by atoms with Crippen molar-refractivity contribution in [1.82, 2.24) is 0 Å². The maximum absolute atomic E-state index is 10.0. The quantitative estimate of drug-likeness (QED) is 0.554. The van der Waals surface area contributed by atoms with Gasteiger partial charge in [-0.3, -0.25) is 4.79 Å². The maximum Gasteiger partial charge on any atom is 0.293 e. The summed E-state index contributed by atoms with van der Waals surface area (Å²) in [6, 6.07) is 0. The van der Waals surface area contributed by atoms with E-state index in [0.29, 0.717) is 6.47 Å². The van der Waals surface area contributed by atoms with Crippen LogP contribution < -0.4 is 0 Å². The Morgan fingerprint density at radius 1 is 1.10 bits per heavy atom. The average Bonchev–Trinajstić information content (AvgIpc) is 1.61. The first kappa shape index (κ1) is 9.47. The summed E-state index contributed by atoms with van der Waals surface area (Å²) in [6.45, 7) is 10.4. The monoisotopic (exact) mass is 144 g/mol. The van der Waals surface area contributed by atoms with E-state index in [2.05, 4.69) is 0 Å². The number of hydrogen-bond donors (Lipinski definition) is 0. The van der Waals surface area contributed by atoms with Crippen LogP contribution in [0.5, 0.6) is 0 Å². The molecule has 0 atom stereocenters. The van der Waals surface area contributed by atoms with Crippen LogP contribution in [0.2, 0.25) is 0 Å². The van der Waals surface area contributed by atoms with Crippen LogP contribution in [0.4, 0.5) is 0 Å². The van der Waals surface area contributed by atoms with Crippen LogP contribution in [0.3, 0.4) is 0 Å². The molecule has 0 saturated heterocycles. The number of hydrogen-bond acceptors (Lipinski definition) is 2. The Balaban J connectivity index is 4.23. The molecule has 10 heavy (non-hydrogen) atoms. The van der Waals surface area contributed by atoms with Gasteiger partial charge in [-0.1, -0.05) is 20.8 Å². The van der Waals surface area contributed by atoms with E-state index in [-0.39, 0.29) is 11.0 Å². The first-order valence-electron chi connectivity index (χ1n) is 3.43. The third kappa shape index (κ3) is 2.01. The van der Waals surface area contributed by atoms with Crippen LogP contribution in [-0.2, 0) is 9.53 Å². The molecular weight excluding hydrogens is 128 g/mol. The van der Waals surface area contributed by atoms with Gasteiger partial charge in [-0.15, -0.1) is 0 Å². The Labute approximate surface area is 62.6 Å². The van der Waals surface area contributed by atoms with E-state index >= 15 is 0 Å². The standard InChI is InChI=1S/C8H16O2/c1-7(2,3)8(4,5)10-6-9/h6H,1-5H3. The summed E-state index contributed by atoms with van der Waals surface area (Å²) in [4.78, 5) is 10.0. The molecule has 0 N–H and O–H groups in total. The molecule has 0 bridgehead atoms. The lowest BCUT2D eigenvalue weighted by Crippen LogP contribution is -2.39. The van der Waals surface area contributed by atoms with Gasteiger partial charge in [-0.05, 0) is 13.8 Å². The lowest BCUT2D eigenvalue weighted by molar-refractivity contribution is -0.150. The molecule has 0 amide bonds. The molecule has 0 radical (unpaired) electrons. The number of ether oxygens (including phenoxy) is 1. The number of carbonyl (C=O) groups excluding carboxylic acids is 1. The summed E-state index contributed by atoms with van der Waals surface area (Å²) in [5, 5.41) is 0. The first-order chi connectivity index (χ1) is 4.31. The van der Waals surface area contributed by atoms with E-state index in [1.54, 1.807) is 0 Å². The number of carbonyl (C=O) groups is 1. The van der Waals surface area contributed by atoms with Gasteiger partial charge in [0.15, 0.2) is 0 Å². The van der Waals surface area contributed by atoms with E-state index in [4.69, 9.17) is 4.74 Å². The Hall–Kier alpha value is -0.530. The van der Waals surface area contributed by atoms with E-state index in [1.807, 2.05) is 34.6 Å². The molecule has 0 aliphatic carbocycles. The molecule has 0 rings (SSSR count). The summed E-state index contributed by atoms with van der Waals surface area (Å²) in [7, 11) is 0. The van der Waals surface area contributed by atoms with Crippen LogP contribution in [-0.4, -0.2) is 12.1 Å². The molecule has 0 aliphatic heterocycles. The smallest absolute Gasteiger partial charge is 0.293 e. The van der Waals surface area contributed by atoms with Crippen molar-refractivity contribution in [3.63, 3.8) is 0 Å². The predicted molar refractivity (Wildman–Crippen MR) is 40.7 cm³/mol. The lowest BCUT2D eigenvalue weighted by atomic mass is 9.79. The minimum atomic E-state index is -0.380. The molecule has 0 aliphatic rings. The van der Waals surface area contributed by atoms with Crippen LogP contribution in [0.25, 0.3) is 0 Å². The third-order valence-electron chi connectivity index (χ3n) is 2.15. The summed E-state index contributed by atoms with van der Waals surface area (Å²) >= 11 is 0. The second-order valence-electron chi connectivity index (χ2n) is 3.97. The molecule has 0 aromatic heterocycles. The lowest BCUT2D eigenvalue weighted by Gasteiger charge is -2.36. The fraction of sp³-hybridized carbons (Fsp3) is 0.875. The Morgan fingerprint density at radius 2 is 1.50 bits per heavy atom. The van der Waals surface area contributed by atoms with Crippen LogP contribution in [0.1, 0.15) is 34.6 Å². The zero-order valence-corrected chi connectivity index (χ0v) is 7.39. The zero-order chi connectivity index (χ0) is 8.41. The Morgan fingerprint density at radius 3 is 1.60 bits per heavy atom. The Bertz CT molecular complexity index is 120. The van der Waals surface area contributed by atoms with Gasteiger partial charge < -0.3 is 4.74 Å². The molecule has 0 fully saturated rings. The molecule has 0 unspecified atom stereocenters. The SMILES string of the molecule is CC(C)(C)C(C)(C)OC=O. The van der Waals surface area contributed by atoms with Crippen molar-refractivity contribution in [1.29, 1.82) is 0 Å². The molecule has 0 aromatic carbocycles. The molecule has 0 spiro atoms. The summed E-state index contributed by atoms with van der Waals surface area (Å²) in [5.74, 6) is 0. The fourth-order valence-corrected chi connectivity index (χ4v) is 0.297. The highest BCUT2D eigenvalue weighted by Gasteiger charge is 2.34. The molecule has 60 valence electrons. The van der Waals surface area contributed by atoms with Gasteiger partial charge >= 0.3 is 0 Å². The first-order valence-corrected chi connectivity index (χ1v) is 3.43. The minimum Gasteiger partial charge on any atom is -0.461 e. The van der Waals surface area contributed by atoms with Crippen molar-refractivity contribution < 1.29 is 9.53 Å². The van der Waals surface area contributed by atoms with Gasteiger partial charge in [0.25, 0.3) is 6.47 Å². The van der Waals surface area contributed by atoms with Gasteiger partial charge in [0.1, 0.15) is 5.60 Å². The highest BCUT2D eigenvalue weighted by Crippen LogP contribution is 2.31. The van der Waals surface area contributed by atoms with E-state index < -0.39 is 0 Å². The highest BCUT2D eigenvalue weighted by molar-refractivity contribution is 5.38. The van der Waals surface area contributed by atoms with E-state index in [1.165, 1.54) is 0 Å². The van der Waals surface area contributed by atoms with E-state index in [9.17, 15) is 4.79 Å². The Kier molecular flexibility index (Phi) is 2.47. The normalized spacial score (nSPS) is 12.9. The highest BCUT2D eigenvalue weighted by atomic mass is 16.5. The van der Waals surface area contributed by atoms with Gasteiger partial charge in [-0.2, -0.15) is 0 Å². The summed E-state index contributed by atoms with van der Waals surface area (Å²) in [5.41, 5.74) is -0.386. The second kappa shape index (κ2) is 2.60. The predicted octanol–water partition coefficient (Wildman–Crippen LogP) is 1.98. The van der Waals surface area contributed by atoms with E-state index in [0.717, 1.165) is 0 Å². The summed E-state index contributed by atoms with van der Waals surface area (Å²) < 4.78 is 4.91. The molecule has 2 nitrogen and oxygen atoms in total. The maximum atomic E-state index is 10.0. The van der Waals surface area contributed by atoms with Gasteiger partial charge in [0, 0.05) is 5.41 Å². The van der Waals surface area contributed by atoms with Crippen LogP contribution >= 0.6 is 0 Å². The summed E-state index contributed by atoms with van der Waals surface area (Å²) in [6.07, 6.45) is 0. The molecule has 0 heterocycles. The molecule has 0 aromatic rings. The van der Waals surface area contributed by atoms with Gasteiger partial charge in [0.05, 0.1) is 0 Å². The van der Waals surface area contributed by atoms with Crippen LogP contribution in [0, 0.1) is 5.41 Å².